The lowest BCUT2D eigenvalue weighted by Crippen LogP contribution is -2.29. The number of hydrogen-bond acceptors (Lipinski definition) is 5. The Morgan fingerprint density at radius 3 is 2.64 bits per heavy atom. The van der Waals surface area contributed by atoms with Crippen molar-refractivity contribution in [1.29, 1.82) is 0 Å². The number of hydrogen-bond donors (Lipinski definition) is 1. The van der Waals surface area contributed by atoms with Crippen LogP contribution in [0.5, 0.6) is 0 Å². The molecule has 0 saturated carbocycles. The smallest absolute Gasteiger partial charge is 0.284 e. The molecular formula is C19H27N3O3. The fourth-order valence-corrected chi connectivity index (χ4v) is 2.85. The zero-order valence-corrected chi connectivity index (χ0v) is 15.6. The Labute approximate surface area is 149 Å². The molecule has 136 valence electrons. The highest BCUT2D eigenvalue weighted by atomic mass is 16.5. The summed E-state index contributed by atoms with van der Waals surface area (Å²) in [6, 6.07) is 7.56. The first kappa shape index (κ1) is 19.1. The Morgan fingerprint density at radius 1 is 1.40 bits per heavy atom. The molecule has 2 N–H and O–H groups in total. The summed E-state index contributed by atoms with van der Waals surface area (Å²) in [6.07, 6.45) is 1.77. The lowest BCUT2D eigenvalue weighted by atomic mass is 9.90. The molecule has 2 aromatic rings. The Bertz CT molecular complexity index is 704. The predicted octanol–water partition coefficient (Wildman–Crippen LogP) is 2.89. The first-order chi connectivity index (χ1) is 11.7. The van der Waals surface area contributed by atoms with E-state index in [4.69, 9.17) is 14.9 Å². The van der Waals surface area contributed by atoms with E-state index in [0.29, 0.717) is 13.2 Å². The summed E-state index contributed by atoms with van der Waals surface area (Å²) < 4.78 is 11.1. The number of nitrogens with two attached hydrogens (primary N) is 1. The average molecular weight is 345 g/mol. The van der Waals surface area contributed by atoms with E-state index in [1.54, 1.807) is 19.4 Å². The van der Waals surface area contributed by atoms with E-state index >= 15 is 0 Å². The van der Waals surface area contributed by atoms with Crippen molar-refractivity contribution in [3.8, 4) is 0 Å². The van der Waals surface area contributed by atoms with Crippen LogP contribution < -0.4 is 5.73 Å². The first-order valence-electron chi connectivity index (χ1n) is 8.27. The number of ether oxygens (including phenoxy) is 1. The average Bonchev–Trinajstić information content (AvgIpc) is 2.97. The van der Waals surface area contributed by atoms with Crippen LogP contribution >= 0.6 is 0 Å². The van der Waals surface area contributed by atoms with Gasteiger partial charge in [-0.3, -0.25) is 14.7 Å². The van der Waals surface area contributed by atoms with Gasteiger partial charge < -0.3 is 14.9 Å². The van der Waals surface area contributed by atoms with Gasteiger partial charge in [-0.2, -0.15) is 0 Å². The van der Waals surface area contributed by atoms with Crippen molar-refractivity contribution in [3.63, 3.8) is 0 Å². The molecule has 0 spiro atoms. The topological polar surface area (TPSA) is 81.6 Å². The molecule has 0 saturated heterocycles. The second-order valence-corrected chi connectivity index (χ2v) is 7.22. The predicted molar refractivity (Wildman–Crippen MR) is 96.2 cm³/mol. The highest BCUT2D eigenvalue weighted by Crippen LogP contribution is 2.31. The van der Waals surface area contributed by atoms with Gasteiger partial charge in [0.1, 0.15) is 5.76 Å². The fraction of sp³-hybridized carbons (Fsp3) is 0.474. The van der Waals surface area contributed by atoms with Crippen molar-refractivity contribution >= 4 is 5.91 Å². The van der Waals surface area contributed by atoms with E-state index in [2.05, 4.69) is 9.88 Å². The third kappa shape index (κ3) is 4.67. The minimum atomic E-state index is -0.558. The zero-order chi connectivity index (χ0) is 18.6. The standard InChI is InChI=1S/C19H27N3O3/c1-19(2,3)17-13(10-16(25-17)18(20)23)11-22(4)15(12-24-5)14-8-6-7-9-21-14/h6-10,15H,11-12H2,1-5H3,(H2,20,23). The second-order valence-electron chi connectivity index (χ2n) is 7.22. The number of furan rings is 1. The van der Waals surface area contributed by atoms with Gasteiger partial charge in [0.2, 0.25) is 0 Å². The third-order valence-corrected chi connectivity index (χ3v) is 4.04. The van der Waals surface area contributed by atoms with Gasteiger partial charge in [0, 0.05) is 30.8 Å². The van der Waals surface area contributed by atoms with Crippen LogP contribution in [0, 0.1) is 0 Å². The number of carbonyl (C=O) groups is 1. The minimum absolute atomic E-state index is 0.00838. The molecule has 0 aliphatic carbocycles. The Kier molecular flexibility index (Phi) is 5.98. The van der Waals surface area contributed by atoms with Crippen molar-refractivity contribution in [2.24, 2.45) is 5.73 Å². The molecule has 6 nitrogen and oxygen atoms in total. The van der Waals surface area contributed by atoms with Gasteiger partial charge in [-0.15, -0.1) is 0 Å². The summed E-state index contributed by atoms with van der Waals surface area (Å²) in [5, 5.41) is 0. The monoisotopic (exact) mass is 345 g/mol. The maximum absolute atomic E-state index is 11.5. The van der Waals surface area contributed by atoms with Crippen LogP contribution in [0.3, 0.4) is 0 Å². The van der Waals surface area contributed by atoms with Crippen molar-refractivity contribution < 1.29 is 13.9 Å². The van der Waals surface area contributed by atoms with Crippen molar-refractivity contribution in [2.75, 3.05) is 20.8 Å². The number of primary amides is 1. The van der Waals surface area contributed by atoms with Crippen LogP contribution in [-0.4, -0.2) is 36.6 Å². The minimum Gasteiger partial charge on any atom is -0.455 e. The van der Waals surface area contributed by atoms with E-state index in [0.717, 1.165) is 17.0 Å². The van der Waals surface area contributed by atoms with Crippen molar-refractivity contribution in [2.45, 2.75) is 38.8 Å². The molecule has 1 atom stereocenters. The molecule has 2 aromatic heterocycles. The lowest BCUT2D eigenvalue weighted by molar-refractivity contribution is 0.0970. The molecule has 1 amide bonds. The molecule has 6 heteroatoms. The van der Waals surface area contributed by atoms with E-state index in [1.165, 1.54) is 0 Å². The summed E-state index contributed by atoms with van der Waals surface area (Å²) in [6.45, 7) is 7.25. The summed E-state index contributed by atoms with van der Waals surface area (Å²) in [5.41, 5.74) is 7.04. The molecule has 0 radical (unpaired) electrons. The Balaban J connectivity index is 2.31. The Hall–Kier alpha value is -2.18. The number of carbonyl (C=O) groups excluding carboxylic acids is 1. The van der Waals surface area contributed by atoms with Crippen LogP contribution in [0.25, 0.3) is 0 Å². The number of methoxy groups -OCH3 is 1. The van der Waals surface area contributed by atoms with Crippen LogP contribution in [-0.2, 0) is 16.7 Å². The van der Waals surface area contributed by atoms with Gasteiger partial charge in [0.05, 0.1) is 18.3 Å². The molecule has 0 aliphatic rings. The SMILES string of the molecule is COCC(c1ccccn1)N(C)Cc1cc(C(N)=O)oc1C(C)(C)C. The largest absolute Gasteiger partial charge is 0.455 e. The van der Waals surface area contributed by atoms with Crippen LogP contribution in [0.1, 0.15) is 54.4 Å². The number of pyridine rings is 1. The van der Waals surface area contributed by atoms with E-state index in [-0.39, 0.29) is 17.2 Å². The van der Waals surface area contributed by atoms with Crippen LogP contribution in [0.2, 0.25) is 0 Å². The highest BCUT2D eigenvalue weighted by molar-refractivity contribution is 5.90. The van der Waals surface area contributed by atoms with Crippen LogP contribution in [0.15, 0.2) is 34.9 Å². The van der Waals surface area contributed by atoms with Gasteiger partial charge in [-0.25, -0.2) is 0 Å². The summed E-state index contributed by atoms with van der Waals surface area (Å²) in [4.78, 5) is 18.1. The molecule has 0 fully saturated rings. The summed E-state index contributed by atoms with van der Waals surface area (Å²) >= 11 is 0. The molecule has 1 unspecified atom stereocenters. The first-order valence-corrected chi connectivity index (χ1v) is 8.27. The number of aromatic nitrogens is 1. The molecule has 0 aromatic carbocycles. The molecule has 0 aliphatic heterocycles. The van der Waals surface area contributed by atoms with Crippen LogP contribution in [0.4, 0.5) is 0 Å². The molecule has 2 heterocycles. The van der Waals surface area contributed by atoms with Gasteiger partial charge in [0.15, 0.2) is 5.76 Å². The third-order valence-electron chi connectivity index (χ3n) is 4.04. The maximum Gasteiger partial charge on any atom is 0.284 e. The summed E-state index contributed by atoms with van der Waals surface area (Å²) in [7, 11) is 3.68. The highest BCUT2D eigenvalue weighted by Gasteiger charge is 2.27. The van der Waals surface area contributed by atoms with Gasteiger partial charge >= 0.3 is 0 Å². The molecule has 25 heavy (non-hydrogen) atoms. The maximum atomic E-state index is 11.5. The number of nitrogens with zero attached hydrogens (tertiary/aromatic N) is 2. The van der Waals surface area contributed by atoms with Crippen molar-refractivity contribution in [1.82, 2.24) is 9.88 Å². The van der Waals surface area contributed by atoms with Gasteiger partial charge in [-0.05, 0) is 25.2 Å². The summed E-state index contributed by atoms with van der Waals surface area (Å²) in [5.74, 6) is 0.400. The lowest BCUT2D eigenvalue weighted by Gasteiger charge is -2.28. The van der Waals surface area contributed by atoms with Gasteiger partial charge in [-0.1, -0.05) is 26.8 Å². The zero-order valence-electron chi connectivity index (χ0n) is 15.6. The Morgan fingerprint density at radius 2 is 2.12 bits per heavy atom. The molecular weight excluding hydrogens is 318 g/mol. The molecule has 0 bridgehead atoms. The van der Waals surface area contributed by atoms with E-state index in [1.807, 2.05) is 46.0 Å². The van der Waals surface area contributed by atoms with Crippen molar-refractivity contribution in [3.05, 3.63) is 53.2 Å². The van der Waals surface area contributed by atoms with E-state index in [9.17, 15) is 4.79 Å². The normalized spacial score (nSPS) is 13.2. The quantitative estimate of drug-likeness (QED) is 0.834. The fourth-order valence-electron chi connectivity index (χ4n) is 2.85. The van der Waals surface area contributed by atoms with E-state index < -0.39 is 5.91 Å². The molecule has 2 rings (SSSR count). The number of amides is 1. The number of rotatable bonds is 7. The second kappa shape index (κ2) is 7.80. The number of likely N-dealkylation sites (N-methyl/N-ethyl adjacent to an activating group) is 1. The van der Waals surface area contributed by atoms with Gasteiger partial charge in [0.25, 0.3) is 5.91 Å².